The second kappa shape index (κ2) is 7.70. The van der Waals surface area contributed by atoms with E-state index in [1.54, 1.807) is 23.6 Å². The van der Waals surface area contributed by atoms with Crippen LogP contribution < -0.4 is 16.7 Å². The number of imidazole rings is 1. The van der Waals surface area contributed by atoms with Crippen LogP contribution in [0, 0.1) is 16.0 Å². The maximum atomic E-state index is 12.4. The number of anilines is 1. The molecule has 0 aliphatic rings. The highest BCUT2D eigenvalue weighted by atomic mass is 16.6. The van der Waals surface area contributed by atoms with Crippen molar-refractivity contribution in [1.82, 2.24) is 19.1 Å². The number of non-ortho nitro benzene ring substituents is 1. The van der Waals surface area contributed by atoms with Crippen molar-refractivity contribution in [2.45, 2.75) is 27.3 Å². The quantitative estimate of drug-likeness (QED) is 0.368. The minimum absolute atomic E-state index is 0.00613. The SMILES string of the molecule is CC(=NNc1nc2c(c(=O)[nH]c(=O)n2C)n1CC(C)C)c1ccc([N+](=O)[O-])cc1. The Balaban J connectivity index is 2.02. The Bertz CT molecular complexity index is 1220. The van der Waals surface area contributed by atoms with E-state index in [1.165, 1.54) is 23.7 Å². The maximum absolute atomic E-state index is 12.4. The number of aromatic amines is 1. The molecule has 2 N–H and O–H groups in total. The molecule has 0 radical (unpaired) electrons. The van der Waals surface area contributed by atoms with E-state index in [9.17, 15) is 19.7 Å². The number of nitro benzene ring substituents is 1. The summed E-state index contributed by atoms with van der Waals surface area (Å²) in [7, 11) is 1.53. The molecule has 152 valence electrons. The number of hydrazone groups is 1. The van der Waals surface area contributed by atoms with Gasteiger partial charge in [-0.1, -0.05) is 13.8 Å². The molecule has 0 bridgehead atoms. The van der Waals surface area contributed by atoms with Crippen molar-refractivity contribution in [2.24, 2.45) is 18.1 Å². The number of aromatic nitrogens is 4. The summed E-state index contributed by atoms with van der Waals surface area (Å²) in [5.41, 5.74) is 3.60. The van der Waals surface area contributed by atoms with E-state index in [4.69, 9.17) is 0 Å². The van der Waals surface area contributed by atoms with Gasteiger partial charge in [0.1, 0.15) is 0 Å². The van der Waals surface area contributed by atoms with Gasteiger partial charge in [-0.15, -0.1) is 0 Å². The highest BCUT2D eigenvalue weighted by Crippen LogP contribution is 2.18. The lowest BCUT2D eigenvalue weighted by atomic mass is 10.1. The highest BCUT2D eigenvalue weighted by Gasteiger charge is 2.18. The summed E-state index contributed by atoms with van der Waals surface area (Å²) in [6, 6.07) is 6.00. The Morgan fingerprint density at radius 2 is 1.97 bits per heavy atom. The van der Waals surface area contributed by atoms with Gasteiger partial charge in [0, 0.05) is 25.7 Å². The lowest BCUT2D eigenvalue weighted by Crippen LogP contribution is -2.29. The maximum Gasteiger partial charge on any atom is 0.329 e. The molecule has 11 heteroatoms. The summed E-state index contributed by atoms with van der Waals surface area (Å²) in [5, 5.41) is 15.1. The molecule has 0 aliphatic carbocycles. The van der Waals surface area contributed by atoms with Crippen LogP contribution in [-0.4, -0.2) is 29.7 Å². The van der Waals surface area contributed by atoms with Crippen molar-refractivity contribution in [2.75, 3.05) is 5.43 Å². The van der Waals surface area contributed by atoms with Crippen molar-refractivity contribution in [3.05, 3.63) is 60.8 Å². The summed E-state index contributed by atoms with van der Waals surface area (Å²) in [5.74, 6) is 0.533. The van der Waals surface area contributed by atoms with Crippen LogP contribution in [0.4, 0.5) is 11.6 Å². The number of benzene rings is 1. The van der Waals surface area contributed by atoms with Gasteiger partial charge in [0.2, 0.25) is 5.95 Å². The van der Waals surface area contributed by atoms with Crippen LogP contribution in [0.3, 0.4) is 0 Å². The number of fused-ring (bicyclic) bond motifs is 1. The monoisotopic (exact) mass is 399 g/mol. The summed E-state index contributed by atoms with van der Waals surface area (Å²) in [6.07, 6.45) is 0. The standard InChI is InChI=1S/C18H21N7O4/c1-10(2)9-24-14-15(23(4)18(27)20-16(14)26)19-17(24)22-21-11(3)12-5-7-13(8-6-12)25(28)29/h5-8,10H,9H2,1-4H3,(H,19,22)(H,20,26,27). The van der Waals surface area contributed by atoms with Gasteiger partial charge in [0.05, 0.1) is 10.6 Å². The summed E-state index contributed by atoms with van der Waals surface area (Å²) < 4.78 is 2.95. The van der Waals surface area contributed by atoms with E-state index in [1.807, 2.05) is 13.8 Å². The molecule has 0 aliphatic heterocycles. The van der Waals surface area contributed by atoms with Gasteiger partial charge in [-0.2, -0.15) is 10.1 Å². The molecule has 0 unspecified atom stereocenters. The van der Waals surface area contributed by atoms with Crippen LogP contribution in [0.25, 0.3) is 11.2 Å². The van der Waals surface area contributed by atoms with Crippen LogP contribution in [0.15, 0.2) is 39.0 Å². The first kappa shape index (κ1) is 20.0. The topological polar surface area (TPSA) is 140 Å². The molecule has 0 fully saturated rings. The second-order valence-corrected chi connectivity index (χ2v) is 7.04. The summed E-state index contributed by atoms with van der Waals surface area (Å²) >= 11 is 0. The van der Waals surface area contributed by atoms with Crippen LogP contribution in [0.1, 0.15) is 26.3 Å². The summed E-state index contributed by atoms with van der Waals surface area (Å²) in [4.78, 5) is 41.2. The predicted octanol–water partition coefficient (Wildman–Crippen LogP) is 1.82. The first-order valence-corrected chi connectivity index (χ1v) is 8.93. The smallest absolute Gasteiger partial charge is 0.303 e. The van der Waals surface area contributed by atoms with Crippen molar-refractivity contribution >= 4 is 28.5 Å². The fourth-order valence-electron chi connectivity index (χ4n) is 2.89. The van der Waals surface area contributed by atoms with Crippen LogP contribution in [0.2, 0.25) is 0 Å². The molecule has 3 rings (SSSR count). The number of rotatable bonds is 6. The molecule has 0 saturated heterocycles. The molecule has 0 saturated carbocycles. The molecule has 0 amide bonds. The molecule has 0 spiro atoms. The third-order valence-electron chi connectivity index (χ3n) is 4.37. The van der Waals surface area contributed by atoms with Gasteiger partial charge in [-0.3, -0.25) is 24.5 Å². The summed E-state index contributed by atoms with van der Waals surface area (Å²) in [6.45, 7) is 6.23. The first-order chi connectivity index (χ1) is 13.7. The molecule has 2 heterocycles. The van der Waals surface area contributed by atoms with E-state index < -0.39 is 16.2 Å². The van der Waals surface area contributed by atoms with E-state index in [0.717, 1.165) is 0 Å². The lowest BCUT2D eigenvalue weighted by Gasteiger charge is -2.11. The molecule has 11 nitrogen and oxygen atoms in total. The Morgan fingerprint density at radius 1 is 1.31 bits per heavy atom. The number of nitrogens with zero attached hydrogens (tertiary/aromatic N) is 5. The van der Waals surface area contributed by atoms with Crippen molar-refractivity contribution in [3.8, 4) is 0 Å². The Labute approximate surface area is 164 Å². The minimum Gasteiger partial charge on any atom is -0.303 e. The molecule has 2 aromatic heterocycles. The van der Waals surface area contributed by atoms with Gasteiger partial charge in [0.15, 0.2) is 11.2 Å². The van der Waals surface area contributed by atoms with Crippen LogP contribution >= 0.6 is 0 Å². The van der Waals surface area contributed by atoms with E-state index in [-0.39, 0.29) is 22.8 Å². The Kier molecular flexibility index (Phi) is 5.31. The van der Waals surface area contributed by atoms with Gasteiger partial charge < -0.3 is 4.57 Å². The van der Waals surface area contributed by atoms with E-state index in [2.05, 4.69) is 20.5 Å². The normalized spacial score (nSPS) is 12.0. The zero-order valence-electron chi connectivity index (χ0n) is 16.5. The number of nitrogens with one attached hydrogen (secondary N) is 2. The van der Waals surface area contributed by atoms with Gasteiger partial charge >= 0.3 is 5.69 Å². The number of aryl methyl sites for hydroxylation is 1. The second-order valence-electron chi connectivity index (χ2n) is 7.04. The van der Waals surface area contributed by atoms with Crippen LogP contribution in [0.5, 0.6) is 0 Å². The highest BCUT2D eigenvalue weighted by molar-refractivity contribution is 5.99. The first-order valence-electron chi connectivity index (χ1n) is 8.93. The van der Waals surface area contributed by atoms with Gasteiger partial charge in [-0.05, 0) is 30.5 Å². The molecule has 29 heavy (non-hydrogen) atoms. The number of H-pyrrole nitrogens is 1. The van der Waals surface area contributed by atoms with Gasteiger partial charge in [0.25, 0.3) is 11.2 Å². The van der Waals surface area contributed by atoms with E-state index in [0.29, 0.717) is 23.8 Å². The molecule has 0 atom stereocenters. The van der Waals surface area contributed by atoms with Gasteiger partial charge in [-0.25, -0.2) is 10.2 Å². The zero-order chi connectivity index (χ0) is 21.3. The van der Waals surface area contributed by atoms with Crippen LogP contribution in [-0.2, 0) is 13.6 Å². The fraction of sp³-hybridized carbons (Fsp3) is 0.333. The predicted molar refractivity (Wildman–Crippen MR) is 109 cm³/mol. The number of nitro groups is 1. The molecular weight excluding hydrogens is 378 g/mol. The molecule has 3 aromatic rings. The Morgan fingerprint density at radius 3 is 2.55 bits per heavy atom. The molecular formula is C18H21N7O4. The van der Waals surface area contributed by atoms with Crippen molar-refractivity contribution in [1.29, 1.82) is 0 Å². The minimum atomic E-state index is -0.547. The zero-order valence-corrected chi connectivity index (χ0v) is 16.5. The number of hydrogen-bond donors (Lipinski definition) is 2. The van der Waals surface area contributed by atoms with E-state index >= 15 is 0 Å². The Hall–Kier alpha value is -3.76. The number of hydrogen-bond acceptors (Lipinski definition) is 7. The fourth-order valence-corrected chi connectivity index (χ4v) is 2.89. The largest absolute Gasteiger partial charge is 0.329 e. The third-order valence-corrected chi connectivity index (χ3v) is 4.37. The van der Waals surface area contributed by atoms with Crippen molar-refractivity contribution in [3.63, 3.8) is 0 Å². The van der Waals surface area contributed by atoms with Crippen molar-refractivity contribution < 1.29 is 4.92 Å². The lowest BCUT2D eigenvalue weighted by molar-refractivity contribution is -0.384. The average Bonchev–Trinajstić information content (AvgIpc) is 3.02. The molecule has 1 aromatic carbocycles. The third kappa shape index (κ3) is 3.93. The average molecular weight is 399 g/mol.